The van der Waals surface area contributed by atoms with E-state index in [1.54, 1.807) is 13.3 Å². The molecule has 0 aliphatic heterocycles. The van der Waals surface area contributed by atoms with Gasteiger partial charge in [-0.2, -0.15) is 4.98 Å². The van der Waals surface area contributed by atoms with Crippen LogP contribution in [0.5, 0.6) is 6.01 Å². The highest BCUT2D eigenvalue weighted by atomic mass is 16.5. The number of carbonyl (C=O) groups is 1. The van der Waals surface area contributed by atoms with Crippen molar-refractivity contribution < 1.29 is 14.3 Å². The minimum atomic E-state index is 0.0772. The lowest BCUT2D eigenvalue weighted by atomic mass is 9.99. The van der Waals surface area contributed by atoms with Crippen molar-refractivity contribution in [1.29, 1.82) is 0 Å². The molecule has 1 heterocycles. The molecule has 7 heteroatoms. The lowest BCUT2D eigenvalue weighted by Crippen LogP contribution is -2.31. The molecule has 0 bridgehead atoms. The van der Waals surface area contributed by atoms with Gasteiger partial charge in [0.05, 0.1) is 25.1 Å². The molecule has 30 heavy (non-hydrogen) atoms. The minimum Gasteiger partial charge on any atom is -0.467 e. The number of ether oxygens (including phenoxy) is 2. The van der Waals surface area contributed by atoms with E-state index in [1.807, 2.05) is 13.0 Å². The number of hydrogen-bond donors (Lipinski definition) is 1. The van der Waals surface area contributed by atoms with E-state index >= 15 is 0 Å². The summed E-state index contributed by atoms with van der Waals surface area (Å²) < 4.78 is 10.1. The number of rotatable bonds is 12. The molecule has 7 nitrogen and oxygen atoms in total. The van der Waals surface area contributed by atoms with Crippen LogP contribution in [-0.4, -0.2) is 43.2 Å². The fourth-order valence-corrected chi connectivity index (χ4v) is 3.32. The summed E-state index contributed by atoms with van der Waals surface area (Å²) in [6.45, 7) is 13.7. The molecule has 0 fully saturated rings. The van der Waals surface area contributed by atoms with Crippen LogP contribution in [-0.2, 0) is 9.53 Å². The standard InChI is InChI=1S/C23H34N4O3/c1-16(2)12-27(13-17(3)4)21-8-7-19(18(5)14-30-15-28)11-20(21)25-22-9-10-24-23(26-22)29-6/h7-11,15-18H,12-14H2,1-6H3,(H,24,25,26). The zero-order chi connectivity index (χ0) is 22.1. The summed E-state index contributed by atoms with van der Waals surface area (Å²) in [6.07, 6.45) is 1.66. The van der Waals surface area contributed by atoms with Crippen LogP contribution in [0, 0.1) is 11.8 Å². The van der Waals surface area contributed by atoms with E-state index in [4.69, 9.17) is 9.47 Å². The number of nitrogens with one attached hydrogen (secondary N) is 1. The van der Waals surface area contributed by atoms with Gasteiger partial charge in [0, 0.05) is 25.2 Å². The lowest BCUT2D eigenvalue weighted by molar-refractivity contribution is -0.129. The second-order valence-corrected chi connectivity index (χ2v) is 8.35. The summed E-state index contributed by atoms with van der Waals surface area (Å²) in [5.74, 6) is 1.78. The molecule has 2 rings (SSSR count). The Morgan fingerprint density at radius 3 is 2.40 bits per heavy atom. The van der Waals surface area contributed by atoms with E-state index in [1.165, 1.54) is 0 Å². The van der Waals surface area contributed by atoms with Crippen LogP contribution in [0.4, 0.5) is 17.2 Å². The van der Waals surface area contributed by atoms with E-state index in [0.29, 0.717) is 36.7 Å². The number of nitrogens with zero attached hydrogens (tertiary/aromatic N) is 3. The largest absolute Gasteiger partial charge is 0.467 e. The number of benzene rings is 1. The zero-order valence-corrected chi connectivity index (χ0v) is 18.9. The fraction of sp³-hybridized carbons (Fsp3) is 0.522. The van der Waals surface area contributed by atoms with Crippen molar-refractivity contribution in [3.63, 3.8) is 0 Å². The van der Waals surface area contributed by atoms with Crippen molar-refractivity contribution in [3.05, 3.63) is 36.0 Å². The molecule has 0 spiro atoms. The molecule has 164 valence electrons. The Labute approximate surface area is 179 Å². The Morgan fingerprint density at radius 2 is 1.80 bits per heavy atom. The zero-order valence-electron chi connectivity index (χ0n) is 18.9. The third-order valence-corrected chi connectivity index (χ3v) is 4.59. The molecule has 0 amide bonds. The Bertz CT molecular complexity index is 801. The predicted molar refractivity (Wildman–Crippen MR) is 121 cm³/mol. The summed E-state index contributed by atoms with van der Waals surface area (Å²) in [5, 5.41) is 3.44. The van der Waals surface area contributed by atoms with Gasteiger partial charge in [0.1, 0.15) is 5.82 Å². The van der Waals surface area contributed by atoms with Gasteiger partial charge in [-0.15, -0.1) is 0 Å². The summed E-state index contributed by atoms with van der Waals surface area (Å²) in [5.41, 5.74) is 3.15. The molecular weight excluding hydrogens is 380 g/mol. The smallest absolute Gasteiger partial charge is 0.318 e. The molecule has 1 aromatic carbocycles. The van der Waals surface area contributed by atoms with Gasteiger partial charge in [0.15, 0.2) is 0 Å². The van der Waals surface area contributed by atoms with Crippen LogP contribution in [0.15, 0.2) is 30.5 Å². The Kier molecular flexibility index (Phi) is 8.89. The first kappa shape index (κ1) is 23.4. The molecule has 0 aliphatic rings. The highest BCUT2D eigenvalue weighted by Gasteiger charge is 2.17. The van der Waals surface area contributed by atoms with Gasteiger partial charge >= 0.3 is 6.01 Å². The summed E-state index contributed by atoms with van der Waals surface area (Å²) >= 11 is 0. The number of aromatic nitrogens is 2. The highest BCUT2D eigenvalue weighted by Crippen LogP contribution is 2.33. The van der Waals surface area contributed by atoms with E-state index in [9.17, 15) is 4.79 Å². The van der Waals surface area contributed by atoms with E-state index in [-0.39, 0.29) is 5.92 Å². The molecule has 0 aliphatic carbocycles. The predicted octanol–water partition coefficient (Wildman–Crippen LogP) is 4.62. The van der Waals surface area contributed by atoms with Gasteiger partial charge in [-0.05, 0) is 35.6 Å². The van der Waals surface area contributed by atoms with E-state index in [2.05, 4.69) is 66.1 Å². The van der Waals surface area contributed by atoms with Crippen molar-refractivity contribution in [2.75, 3.05) is 37.0 Å². The minimum absolute atomic E-state index is 0.0772. The van der Waals surface area contributed by atoms with E-state index in [0.717, 1.165) is 30.0 Å². The van der Waals surface area contributed by atoms with Crippen molar-refractivity contribution >= 4 is 23.7 Å². The topological polar surface area (TPSA) is 76.6 Å². The molecule has 1 unspecified atom stereocenters. The molecular formula is C23H34N4O3. The van der Waals surface area contributed by atoms with Crippen LogP contribution in [0.25, 0.3) is 0 Å². The van der Waals surface area contributed by atoms with Crippen LogP contribution in [0.2, 0.25) is 0 Å². The quantitative estimate of drug-likeness (QED) is 0.508. The van der Waals surface area contributed by atoms with Crippen LogP contribution >= 0.6 is 0 Å². The third kappa shape index (κ3) is 6.90. The van der Waals surface area contributed by atoms with Crippen molar-refractivity contribution in [2.45, 2.75) is 40.5 Å². The molecule has 1 N–H and O–H groups in total. The number of anilines is 3. The highest BCUT2D eigenvalue weighted by molar-refractivity contribution is 5.75. The number of hydrogen-bond acceptors (Lipinski definition) is 7. The van der Waals surface area contributed by atoms with Crippen molar-refractivity contribution in [2.24, 2.45) is 11.8 Å². The molecule has 1 atom stereocenters. The van der Waals surface area contributed by atoms with Crippen LogP contribution in [0.3, 0.4) is 0 Å². The summed E-state index contributed by atoms with van der Waals surface area (Å²) in [6, 6.07) is 8.47. The number of carbonyl (C=O) groups excluding carboxylic acids is 1. The molecule has 2 aromatic rings. The number of methoxy groups -OCH3 is 1. The monoisotopic (exact) mass is 414 g/mol. The SMILES string of the molecule is COc1nccc(Nc2cc(C(C)COC=O)ccc2N(CC(C)C)CC(C)C)n1. The second kappa shape index (κ2) is 11.4. The first-order valence-electron chi connectivity index (χ1n) is 10.4. The maximum Gasteiger partial charge on any atom is 0.318 e. The molecule has 1 aromatic heterocycles. The van der Waals surface area contributed by atoms with Gasteiger partial charge in [-0.25, -0.2) is 4.98 Å². The Balaban J connectivity index is 2.45. The van der Waals surface area contributed by atoms with Gasteiger partial charge in [-0.3, -0.25) is 4.79 Å². The molecule has 0 saturated heterocycles. The Hall–Kier alpha value is -2.83. The van der Waals surface area contributed by atoms with E-state index < -0.39 is 0 Å². The van der Waals surface area contributed by atoms with Gasteiger partial charge in [-0.1, -0.05) is 40.7 Å². The third-order valence-electron chi connectivity index (χ3n) is 4.59. The average molecular weight is 415 g/mol. The Morgan fingerprint density at radius 1 is 1.10 bits per heavy atom. The maximum absolute atomic E-state index is 10.6. The summed E-state index contributed by atoms with van der Waals surface area (Å²) in [7, 11) is 1.55. The fourth-order valence-electron chi connectivity index (χ4n) is 3.32. The first-order chi connectivity index (χ1) is 14.3. The normalized spacial score (nSPS) is 12.0. The van der Waals surface area contributed by atoms with Crippen molar-refractivity contribution in [1.82, 2.24) is 9.97 Å². The molecule has 0 radical (unpaired) electrons. The first-order valence-corrected chi connectivity index (χ1v) is 10.4. The summed E-state index contributed by atoms with van der Waals surface area (Å²) in [4.78, 5) is 21.5. The average Bonchev–Trinajstić information content (AvgIpc) is 2.71. The van der Waals surface area contributed by atoms with Gasteiger partial charge in [0.2, 0.25) is 0 Å². The second-order valence-electron chi connectivity index (χ2n) is 8.35. The maximum atomic E-state index is 10.6. The van der Waals surface area contributed by atoms with Gasteiger partial charge in [0.25, 0.3) is 6.47 Å². The van der Waals surface area contributed by atoms with Crippen molar-refractivity contribution in [3.8, 4) is 6.01 Å². The lowest BCUT2D eigenvalue weighted by Gasteiger charge is -2.31. The molecule has 0 saturated carbocycles. The van der Waals surface area contributed by atoms with Crippen LogP contribution in [0.1, 0.15) is 46.1 Å². The van der Waals surface area contributed by atoms with Gasteiger partial charge < -0.3 is 19.7 Å². The van der Waals surface area contributed by atoms with Crippen LogP contribution < -0.4 is 15.0 Å².